The second-order valence-corrected chi connectivity index (χ2v) is 7.39. The van der Waals surface area contributed by atoms with E-state index in [9.17, 15) is 9.18 Å². The van der Waals surface area contributed by atoms with Crippen molar-refractivity contribution in [3.8, 4) is 11.3 Å². The summed E-state index contributed by atoms with van der Waals surface area (Å²) >= 11 is 1.34. The maximum absolute atomic E-state index is 14.1. The van der Waals surface area contributed by atoms with E-state index >= 15 is 0 Å². The van der Waals surface area contributed by atoms with Gasteiger partial charge in [-0.25, -0.2) is 9.37 Å². The van der Waals surface area contributed by atoms with E-state index in [0.29, 0.717) is 24.0 Å². The number of ether oxygens (including phenoxy) is 1. The van der Waals surface area contributed by atoms with Gasteiger partial charge in [-0.15, -0.1) is 11.3 Å². The molecule has 7 heteroatoms. The third-order valence-electron chi connectivity index (χ3n) is 4.43. The number of carbonyl (C=O) groups is 1. The zero-order chi connectivity index (χ0) is 19.0. The topological polar surface area (TPSA) is 54.5 Å². The van der Waals surface area contributed by atoms with Gasteiger partial charge in [0.2, 0.25) is 0 Å². The molecule has 1 aliphatic heterocycles. The molecule has 27 heavy (non-hydrogen) atoms. The van der Waals surface area contributed by atoms with E-state index < -0.39 is 5.82 Å². The molecule has 1 aromatic heterocycles. The fourth-order valence-corrected chi connectivity index (χ4v) is 3.69. The molecule has 0 radical (unpaired) electrons. The number of amides is 1. The lowest BCUT2D eigenvalue weighted by atomic mass is 10.1. The highest BCUT2D eigenvalue weighted by Gasteiger charge is 2.15. The first kappa shape index (κ1) is 17.6. The third kappa shape index (κ3) is 3.56. The van der Waals surface area contributed by atoms with Gasteiger partial charge in [-0.3, -0.25) is 10.1 Å². The first-order chi connectivity index (χ1) is 13.0. The number of nitrogens with one attached hydrogen (secondary N) is 1. The minimum absolute atomic E-state index is 0.254. The number of aromatic nitrogens is 1. The molecule has 0 bridgehead atoms. The molecule has 4 rings (SSSR count). The molecular formula is C20H18FN3O2S. The molecule has 0 spiro atoms. The number of fused-ring (bicyclic) bond motifs is 1. The van der Waals surface area contributed by atoms with Crippen LogP contribution < -0.4 is 10.2 Å². The van der Waals surface area contributed by atoms with Crippen molar-refractivity contribution in [1.82, 2.24) is 4.98 Å². The Morgan fingerprint density at radius 2 is 2.00 bits per heavy atom. The van der Waals surface area contributed by atoms with Gasteiger partial charge in [0.1, 0.15) is 5.82 Å². The van der Waals surface area contributed by atoms with Gasteiger partial charge in [0.05, 0.1) is 24.6 Å². The number of hydrogen-bond donors (Lipinski definition) is 1. The van der Waals surface area contributed by atoms with Crippen molar-refractivity contribution in [1.29, 1.82) is 0 Å². The van der Waals surface area contributed by atoms with Crippen molar-refractivity contribution in [3.63, 3.8) is 0 Å². The summed E-state index contributed by atoms with van der Waals surface area (Å²) in [7, 11) is 3.50. The lowest BCUT2D eigenvalue weighted by Crippen LogP contribution is -2.14. The molecule has 0 fully saturated rings. The molecule has 5 nitrogen and oxygen atoms in total. The fourth-order valence-electron chi connectivity index (χ4n) is 2.98. The molecular weight excluding hydrogens is 365 g/mol. The van der Waals surface area contributed by atoms with Crippen LogP contribution in [0.25, 0.3) is 11.3 Å². The van der Waals surface area contributed by atoms with Crippen molar-refractivity contribution in [3.05, 3.63) is 64.3 Å². The number of benzene rings is 2. The molecule has 0 unspecified atom stereocenters. The molecule has 138 valence electrons. The predicted molar refractivity (Wildman–Crippen MR) is 105 cm³/mol. The minimum atomic E-state index is -0.437. The summed E-state index contributed by atoms with van der Waals surface area (Å²) in [5, 5.41) is 5.11. The number of thiazole rings is 1. The van der Waals surface area contributed by atoms with E-state index in [1.54, 1.807) is 31.1 Å². The SMILES string of the molecule is CN(C)c1ccc(C(=O)Nc2nc(-c3ccc4c(c3)COC4)cs2)cc1F. The van der Waals surface area contributed by atoms with Crippen molar-refractivity contribution in [2.75, 3.05) is 24.3 Å². The van der Waals surface area contributed by atoms with Crippen LogP contribution in [0.4, 0.5) is 15.2 Å². The first-order valence-corrected chi connectivity index (χ1v) is 9.33. The van der Waals surface area contributed by atoms with Crippen molar-refractivity contribution >= 4 is 28.1 Å². The quantitative estimate of drug-likeness (QED) is 0.730. The normalized spacial score (nSPS) is 12.7. The van der Waals surface area contributed by atoms with Gasteiger partial charge < -0.3 is 9.64 Å². The van der Waals surface area contributed by atoms with E-state index in [1.807, 2.05) is 17.5 Å². The molecule has 0 aliphatic carbocycles. The average Bonchev–Trinajstić information content (AvgIpc) is 3.29. The summed E-state index contributed by atoms with van der Waals surface area (Å²) in [4.78, 5) is 18.5. The maximum atomic E-state index is 14.1. The highest BCUT2D eigenvalue weighted by atomic mass is 32.1. The Hall–Kier alpha value is -2.77. The van der Waals surface area contributed by atoms with E-state index in [-0.39, 0.29) is 11.5 Å². The lowest BCUT2D eigenvalue weighted by Gasteiger charge is -2.13. The number of rotatable bonds is 4. The number of halogens is 1. The molecule has 0 atom stereocenters. The van der Waals surface area contributed by atoms with Gasteiger partial charge in [-0.05, 0) is 35.4 Å². The predicted octanol–water partition coefficient (Wildman–Crippen LogP) is 4.30. The Labute approximate surface area is 160 Å². The fraction of sp³-hybridized carbons (Fsp3) is 0.200. The smallest absolute Gasteiger partial charge is 0.257 e. The van der Waals surface area contributed by atoms with Crippen molar-refractivity contribution < 1.29 is 13.9 Å². The Balaban J connectivity index is 1.51. The van der Waals surface area contributed by atoms with Crippen LogP contribution >= 0.6 is 11.3 Å². The summed E-state index contributed by atoms with van der Waals surface area (Å²) in [5.41, 5.74) is 4.83. The van der Waals surface area contributed by atoms with Crippen LogP contribution in [-0.2, 0) is 18.0 Å². The van der Waals surface area contributed by atoms with Crippen molar-refractivity contribution in [2.24, 2.45) is 0 Å². The van der Waals surface area contributed by atoms with E-state index in [1.165, 1.54) is 28.5 Å². The molecule has 2 heterocycles. The van der Waals surface area contributed by atoms with Gasteiger partial charge in [-0.2, -0.15) is 0 Å². The standard InChI is InChI=1S/C20H18FN3O2S/c1-24(2)18-6-5-13(8-16(18)21)19(25)23-20-22-17(11-27-20)12-3-4-14-9-26-10-15(14)7-12/h3-8,11H,9-10H2,1-2H3,(H,22,23,25). The zero-order valence-corrected chi connectivity index (χ0v) is 15.8. The number of nitrogens with zero attached hydrogens (tertiary/aromatic N) is 2. The number of anilines is 2. The van der Waals surface area contributed by atoms with E-state index in [0.717, 1.165) is 11.3 Å². The molecule has 0 saturated heterocycles. The summed E-state index contributed by atoms with van der Waals surface area (Å²) in [6, 6.07) is 10.5. The van der Waals surface area contributed by atoms with Crippen LogP contribution in [0.2, 0.25) is 0 Å². The van der Waals surface area contributed by atoms with Crippen molar-refractivity contribution in [2.45, 2.75) is 13.2 Å². The Morgan fingerprint density at radius 1 is 1.19 bits per heavy atom. The minimum Gasteiger partial charge on any atom is -0.375 e. The largest absolute Gasteiger partial charge is 0.375 e. The van der Waals surface area contributed by atoms with Crippen LogP contribution in [0.5, 0.6) is 0 Å². The molecule has 0 saturated carbocycles. The summed E-state index contributed by atoms with van der Waals surface area (Å²) < 4.78 is 19.5. The van der Waals surface area contributed by atoms with Gasteiger partial charge >= 0.3 is 0 Å². The van der Waals surface area contributed by atoms with Gasteiger partial charge in [0.15, 0.2) is 5.13 Å². The zero-order valence-electron chi connectivity index (χ0n) is 15.0. The number of hydrogen-bond acceptors (Lipinski definition) is 5. The van der Waals surface area contributed by atoms with Crippen LogP contribution in [-0.4, -0.2) is 25.0 Å². The van der Waals surface area contributed by atoms with Crippen LogP contribution in [0.1, 0.15) is 21.5 Å². The first-order valence-electron chi connectivity index (χ1n) is 8.45. The van der Waals surface area contributed by atoms with Gasteiger partial charge in [0.25, 0.3) is 5.91 Å². The van der Waals surface area contributed by atoms with E-state index in [4.69, 9.17) is 4.74 Å². The third-order valence-corrected chi connectivity index (χ3v) is 5.19. The lowest BCUT2D eigenvalue weighted by molar-refractivity contribution is 0.102. The summed E-state index contributed by atoms with van der Waals surface area (Å²) in [6.07, 6.45) is 0. The Kier molecular flexibility index (Phi) is 4.63. The van der Waals surface area contributed by atoms with Gasteiger partial charge in [0, 0.05) is 30.6 Å². The molecule has 1 N–H and O–H groups in total. The highest BCUT2D eigenvalue weighted by molar-refractivity contribution is 7.14. The molecule has 1 amide bonds. The Bertz CT molecular complexity index is 1020. The molecule has 3 aromatic rings. The van der Waals surface area contributed by atoms with Gasteiger partial charge in [-0.1, -0.05) is 12.1 Å². The second-order valence-electron chi connectivity index (χ2n) is 6.53. The average molecular weight is 383 g/mol. The Morgan fingerprint density at radius 3 is 2.78 bits per heavy atom. The maximum Gasteiger partial charge on any atom is 0.257 e. The second kappa shape index (κ2) is 7.09. The molecule has 2 aromatic carbocycles. The number of carbonyl (C=O) groups excluding carboxylic acids is 1. The van der Waals surface area contributed by atoms with Crippen LogP contribution in [0.15, 0.2) is 41.8 Å². The monoisotopic (exact) mass is 383 g/mol. The molecule has 1 aliphatic rings. The van der Waals surface area contributed by atoms with E-state index in [2.05, 4.69) is 16.4 Å². The van der Waals surface area contributed by atoms with Crippen LogP contribution in [0.3, 0.4) is 0 Å². The highest BCUT2D eigenvalue weighted by Crippen LogP contribution is 2.29. The summed E-state index contributed by atoms with van der Waals surface area (Å²) in [5.74, 6) is -0.824. The van der Waals surface area contributed by atoms with Crippen LogP contribution in [0, 0.1) is 5.82 Å². The summed E-state index contributed by atoms with van der Waals surface area (Å²) in [6.45, 7) is 1.27.